The molecule has 2 aromatic carbocycles. The summed E-state index contributed by atoms with van der Waals surface area (Å²) in [5.41, 5.74) is 1.32. The lowest BCUT2D eigenvalue weighted by atomic mass is 10.1. The molecule has 2 aromatic rings. The van der Waals surface area contributed by atoms with Crippen molar-refractivity contribution >= 4 is 27.5 Å². The number of carbonyl (C=O) groups is 2. The van der Waals surface area contributed by atoms with Crippen molar-refractivity contribution in [2.24, 2.45) is 0 Å². The van der Waals surface area contributed by atoms with Crippen molar-refractivity contribution in [3.8, 4) is 17.2 Å². The molecule has 1 saturated carbocycles. The summed E-state index contributed by atoms with van der Waals surface area (Å²) in [4.78, 5) is 28.7. The largest absolute Gasteiger partial charge is 0.497 e. The molecule has 0 unspecified atom stereocenters. The number of methoxy groups -OCH3 is 1. The van der Waals surface area contributed by atoms with Gasteiger partial charge < -0.3 is 24.4 Å². The molecule has 41 heavy (non-hydrogen) atoms. The van der Waals surface area contributed by atoms with Gasteiger partial charge in [-0.2, -0.15) is 0 Å². The average Bonchev–Trinajstić information content (AvgIpc) is 3.47. The van der Waals surface area contributed by atoms with Gasteiger partial charge in [0.15, 0.2) is 11.5 Å². The summed E-state index contributed by atoms with van der Waals surface area (Å²) in [5.74, 6) is 1.42. The first-order valence-corrected chi connectivity index (χ1v) is 16.1. The number of rotatable bonds is 13. The van der Waals surface area contributed by atoms with E-state index >= 15 is 0 Å². The summed E-state index contributed by atoms with van der Waals surface area (Å²) < 4.78 is 43.1. The van der Waals surface area contributed by atoms with Crippen molar-refractivity contribution in [2.45, 2.75) is 70.5 Å². The fourth-order valence-electron chi connectivity index (χ4n) is 5.41. The maximum absolute atomic E-state index is 13.7. The molecular formula is C30H41N3O7S. The number of nitrogens with zero attached hydrogens (tertiary/aromatic N) is 2. The number of hydrogen-bond donors (Lipinski definition) is 1. The van der Waals surface area contributed by atoms with Gasteiger partial charge in [-0.3, -0.25) is 13.9 Å². The molecule has 1 N–H and O–H groups in total. The first-order chi connectivity index (χ1) is 19.7. The Morgan fingerprint density at radius 3 is 2.37 bits per heavy atom. The van der Waals surface area contributed by atoms with Crippen LogP contribution >= 0.6 is 0 Å². The molecule has 2 amide bonds. The second kappa shape index (κ2) is 13.9. The fourth-order valence-corrected chi connectivity index (χ4v) is 6.36. The Morgan fingerprint density at radius 2 is 1.73 bits per heavy atom. The van der Waals surface area contributed by atoms with Crippen LogP contribution in [-0.2, 0) is 26.2 Å². The van der Waals surface area contributed by atoms with Gasteiger partial charge in [-0.15, -0.1) is 0 Å². The number of fused-ring (bicyclic) bond motifs is 1. The lowest BCUT2D eigenvalue weighted by Gasteiger charge is -2.32. The molecule has 1 aliphatic heterocycles. The molecule has 0 radical (unpaired) electrons. The van der Waals surface area contributed by atoms with Gasteiger partial charge in [0, 0.05) is 31.6 Å². The number of nitrogens with one attached hydrogen (secondary N) is 1. The van der Waals surface area contributed by atoms with Crippen LogP contribution in [0.15, 0.2) is 42.5 Å². The van der Waals surface area contributed by atoms with Gasteiger partial charge in [0.25, 0.3) is 0 Å². The van der Waals surface area contributed by atoms with Gasteiger partial charge in [-0.25, -0.2) is 8.42 Å². The van der Waals surface area contributed by atoms with E-state index in [1.165, 1.54) is 4.31 Å². The zero-order valence-electron chi connectivity index (χ0n) is 24.1. The molecule has 10 nitrogen and oxygen atoms in total. The van der Waals surface area contributed by atoms with Crippen LogP contribution in [0.25, 0.3) is 0 Å². The van der Waals surface area contributed by atoms with E-state index in [-0.39, 0.29) is 43.8 Å². The summed E-state index contributed by atoms with van der Waals surface area (Å²) in [5, 5.41) is 3.15. The molecule has 2 aliphatic rings. The number of hydrogen-bond acceptors (Lipinski definition) is 7. The Bertz CT molecular complexity index is 1290. The van der Waals surface area contributed by atoms with Gasteiger partial charge >= 0.3 is 0 Å². The molecule has 224 valence electrons. The third-order valence-corrected chi connectivity index (χ3v) is 8.76. The minimum Gasteiger partial charge on any atom is -0.497 e. The van der Waals surface area contributed by atoms with Gasteiger partial charge in [-0.05, 0) is 55.5 Å². The number of ether oxygens (including phenoxy) is 3. The summed E-state index contributed by atoms with van der Waals surface area (Å²) in [6.45, 7) is 3.10. The summed E-state index contributed by atoms with van der Waals surface area (Å²) in [6, 6.07) is 11.9. The smallest absolute Gasteiger partial charge is 0.243 e. The Hall–Kier alpha value is -3.47. The van der Waals surface area contributed by atoms with Crippen molar-refractivity contribution in [2.75, 3.05) is 37.4 Å². The number of carbonyl (C=O) groups excluding carboxylic acids is 2. The summed E-state index contributed by atoms with van der Waals surface area (Å²) in [7, 11) is -2.04. The van der Waals surface area contributed by atoms with Crippen LogP contribution in [0.3, 0.4) is 0 Å². The highest BCUT2D eigenvalue weighted by Gasteiger charge is 2.31. The Labute approximate surface area is 243 Å². The second-order valence-corrected chi connectivity index (χ2v) is 12.5. The lowest BCUT2D eigenvalue weighted by molar-refractivity contribution is -0.141. The van der Waals surface area contributed by atoms with Crippen molar-refractivity contribution in [1.29, 1.82) is 0 Å². The average molecular weight is 588 g/mol. The van der Waals surface area contributed by atoms with Crippen LogP contribution in [-0.4, -0.2) is 70.3 Å². The van der Waals surface area contributed by atoms with Crippen LogP contribution in [0.5, 0.6) is 17.2 Å². The molecular weight excluding hydrogens is 546 g/mol. The lowest BCUT2D eigenvalue weighted by Crippen LogP contribution is -2.51. The monoisotopic (exact) mass is 587 g/mol. The molecule has 0 saturated heterocycles. The summed E-state index contributed by atoms with van der Waals surface area (Å²) in [6.07, 6.45) is 6.06. The number of amides is 2. The van der Waals surface area contributed by atoms with Gasteiger partial charge in [0.2, 0.25) is 21.8 Å². The van der Waals surface area contributed by atoms with Crippen molar-refractivity contribution in [3.05, 3.63) is 48.0 Å². The zero-order valence-corrected chi connectivity index (χ0v) is 25.0. The highest BCUT2D eigenvalue weighted by molar-refractivity contribution is 7.92. The minimum atomic E-state index is -3.63. The van der Waals surface area contributed by atoms with E-state index in [0.29, 0.717) is 42.6 Å². The second-order valence-electron chi connectivity index (χ2n) is 10.6. The van der Waals surface area contributed by atoms with Crippen LogP contribution in [0.1, 0.15) is 57.4 Å². The van der Waals surface area contributed by atoms with E-state index in [1.807, 2.05) is 31.2 Å². The van der Waals surface area contributed by atoms with Gasteiger partial charge in [0.1, 0.15) is 25.0 Å². The Morgan fingerprint density at radius 1 is 1.05 bits per heavy atom. The predicted octanol–water partition coefficient (Wildman–Crippen LogP) is 3.88. The van der Waals surface area contributed by atoms with Gasteiger partial charge in [-0.1, -0.05) is 31.9 Å². The quantitative estimate of drug-likeness (QED) is 0.378. The minimum absolute atomic E-state index is 0.0833. The van der Waals surface area contributed by atoms with Crippen molar-refractivity contribution in [1.82, 2.24) is 10.2 Å². The molecule has 1 atom stereocenters. The number of anilines is 1. The predicted molar refractivity (Wildman–Crippen MR) is 157 cm³/mol. The van der Waals surface area contributed by atoms with Crippen LogP contribution in [0, 0.1) is 0 Å². The van der Waals surface area contributed by atoms with E-state index in [1.54, 1.807) is 30.2 Å². The standard InChI is InChI=1S/C30H41N3O7S/c1-4-26(30(35)31-23-8-5-6-9-23)32(21-22-11-14-25(38-2)15-12-22)29(34)10-7-17-33(41(3,36)37)24-13-16-27-28(20-24)40-19-18-39-27/h11-16,20,23,26H,4-10,17-19,21H2,1-3H3,(H,31,35)/t26-/m0/s1. The molecule has 0 bridgehead atoms. The third kappa shape index (κ3) is 8.06. The first kappa shape index (κ1) is 30.5. The molecule has 1 aliphatic carbocycles. The number of benzene rings is 2. The molecule has 0 spiro atoms. The van der Waals surface area contributed by atoms with Crippen molar-refractivity contribution in [3.63, 3.8) is 0 Å². The van der Waals surface area contributed by atoms with Crippen LogP contribution in [0.4, 0.5) is 5.69 Å². The topological polar surface area (TPSA) is 114 Å². The molecule has 4 rings (SSSR count). The summed E-state index contributed by atoms with van der Waals surface area (Å²) >= 11 is 0. The van der Waals surface area contributed by atoms with E-state index in [0.717, 1.165) is 37.5 Å². The van der Waals surface area contributed by atoms with Crippen LogP contribution in [0.2, 0.25) is 0 Å². The molecule has 0 aromatic heterocycles. The van der Waals surface area contributed by atoms with E-state index in [4.69, 9.17) is 14.2 Å². The maximum atomic E-state index is 13.7. The normalized spacial score (nSPS) is 15.7. The third-order valence-electron chi connectivity index (χ3n) is 7.57. The van der Waals surface area contributed by atoms with E-state index in [2.05, 4.69) is 5.32 Å². The van der Waals surface area contributed by atoms with Gasteiger partial charge in [0.05, 0.1) is 19.1 Å². The van der Waals surface area contributed by atoms with E-state index in [9.17, 15) is 18.0 Å². The fraction of sp³-hybridized carbons (Fsp3) is 0.533. The zero-order chi connectivity index (χ0) is 29.4. The SMILES string of the molecule is CC[C@@H](C(=O)NC1CCCC1)N(Cc1ccc(OC)cc1)C(=O)CCCN(c1ccc2c(c1)OCCO2)S(C)(=O)=O. The first-order valence-electron chi connectivity index (χ1n) is 14.3. The molecule has 11 heteroatoms. The maximum Gasteiger partial charge on any atom is 0.243 e. The number of sulfonamides is 1. The van der Waals surface area contributed by atoms with Crippen LogP contribution < -0.4 is 23.8 Å². The van der Waals surface area contributed by atoms with Crippen molar-refractivity contribution < 1.29 is 32.2 Å². The highest BCUT2D eigenvalue weighted by atomic mass is 32.2. The highest BCUT2D eigenvalue weighted by Crippen LogP contribution is 2.35. The molecule has 1 heterocycles. The molecule has 1 fully saturated rings. The Kier molecular flexibility index (Phi) is 10.4. The Balaban J connectivity index is 1.48. The van der Waals surface area contributed by atoms with E-state index < -0.39 is 16.1 Å².